The molecule has 2 heterocycles. The third kappa shape index (κ3) is 1.18. The Balaban J connectivity index is 2.19. The van der Waals surface area contributed by atoms with Gasteiger partial charge in [0.15, 0.2) is 5.65 Å². The van der Waals surface area contributed by atoms with Crippen molar-refractivity contribution in [3.05, 3.63) is 23.7 Å². The third-order valence-corrected chi connectivity index (χ3v) is 3.35. The molecule has 1 saturated carbocycles. The Morgan fingerprint density at radius 3 is 2.93 bits per heavy atom. The van der Waals surface area contributed by atoms with E-state index in [9.17, 15) is 0 Å². The van der Waals surface area contributed by atoms with Crippen LogP contribution in [0.2, 0.25) is 0 Å². The Morgan fingerprint density at radius 2 is 2.33 bits per heavy atom. The number of H-pyrrole nitrogens is 1. The first-order valence-corrected chi connectivity index (χ1v) is 5.27. The van der Waals surface area contributed by atoms with Gasteiger partial charge >= 0.3 is 0 Å². The first-order valence-electron chi connectivity index (χ1n) is 5.27. The maximum absolute atomic E-state index is 5.78. The fourth-order valence-electron chi connectivity index (χ4n) is 1.98. The number of imidazole rings is 1. The highest BCUT2D eigenvalue weighted by Crippen LogP contribution is 2.46. The predicted molar refractivity (Wildman–Crippen MR) is 58.6 cm³/mol. The zero-order valence-electron chi connectivity index (χ0n) is 8.75. The van der Waals surface area contributed by atoms with E-state index in [2.05, 4.69) is 21.9 Å². The van der Waals surface area contributed by atoms with Crippen molar-refractivity contribution in [3.63, 3.8) is 0 Å². The normalized spacial score (nSPS) is 18.3. The lowest BCUT2D eigenvalue weighted by Gasteiger charge is -2.06. The lowest BCUT2D eigenvalue weighted by Crippen LogP contribution is -2.21. The van der Waals surface area contributed by atoms with Crippen LogP contribution in [-0.2, 0) is 5.41 Å². The monoisotopic (exact) mass is 202 g/mol. The first kappa shape index (κ1) is 8.85. The van der Waals surface area contributed by atoms with E-state index in [1.165, 1.54) is 5.56 Å². The van der Waals surface area contributed by atoms with Crippen molar-refractivity contribution in [3.8, 4) is 0 Å². The number of rotatable bonds is 2. The molecule has 0 spiro atoms. The van der Waals surface area contributed by atoms with Crippen molar-refractivity contribution < 1.29 is 0 Å². The van der Waals surface area contributed by atoms with Crippen LogP contribution in [0.25, 0.3) is 11.2 Å². The zero-order valence-corrected chi connectivity index (χ0v) is 8.75. The van der Waals surface area contributed by atoms with E-state index in [-0.39, 0.29) is 5.41 Å². The summed E-state index contributed by atoms with van der Waals surface area (Å²) in [6.07, 6.45) is 4.08. The standard InChI is InChI=1S/C11H14N4/c1-7-2-5-13-9-8(7)14-10(15-9)11(6-12)3-4-11/h2,5H,3-4,6,12H2,1H3,(H,13,14,15). The van der Waals surface area contributed by atoms with E-state index >= 15 is 0 Å². The SMILES string of the molecule is Cc1ccnc2nc(C3(CN)CC3)[nH]c12. The van der Waals surface area contributed by atoms with Crippen LogP contribution in [-0.4, -0.2) is 21.5 Å². The van der Waals surface area contributed by atoms with Gasteiger partial charge in [0.05, 0.1) is 5.52 Å². The van der Waals surface area contributed by atoms with Gasteiger partial charge in [-0.15, -0.1) is 0 Å². The van der Waals surface area contributed by atoms with Gasteiger partial charge in [0, 0.05) is 18.2 Å². The van der Waals surface area contributed by atoms with E-state index in [1.54, 1.807) is 6.20 Å². The summed E-state index contributed by atoms with van der Waals surface area (Å²) in [5.74, 6) is 1.02. The maximum Gasteiger partial charge on any atom is 0.177 e. The fraction of sp³-hybridized carbons (Fsp3) is 0.455. The molecule has 0 aliphatic heterocycles. The summed E-state index contributed by atoms with van der Waals surface area (Å²) in [4.78, 5) is 12.2. The summed E-state index contributed by atoms with van der Waals surface area (Å²) in [6.45, 7) is 2.74. The molecule has 0 amide bonds. The molecule has 78 valence electrons. The van der Waals surface area contributed by atoms with Crippen molar-refractivity contribution in [2.24, 2.45) is 5.73 Å². The predicted octanol–water partition coefficient (Wildman–Crippen LogP) is 1.26. The highest BCUT2D eigenvalue weighted by molar-refractivity contribution is 5.74. The number of nitrogens with two attached hydrogens (primary N) is 1. The van der Waals surface area contributed by atoms with Gasteiger partial charge in [-0.3, -0.25) is 0 Å². The largest absolute Gasteiger partial charge is 0.340 e. The van der Waals surface area contributed by atoms with Crippen molar-refractivity contribution >= 4 is 11.2 Å². The van der Waals surface area contributed by atoms with Crippen LogP contribution in [0.5, 0.6) is 0 Å². The number of hydrogen-bond donors (Lipinski definition) is 2. The molecule has 3 rings (SSSR count). The molecular formula is C11H14N4. The van der Waals surface area contributed by atoms with Gasteiger partial charge in [-0.2, -0.15) is 0 Å². The number of hydrogen-bond acceptors (Lipinski definition) is 3. The second-order valence-electron chi connectivity index (χ2n) is 4.40. The van der Waals surface area contributed by atoms with Crippen molar-refractivity contribution in [2.75, 3.05) is 6.54 Å². The van der Waals surface area contributed by atoms with Crippen LogP contribution in [0.4, 0.5) is 0 Å². The van der Waals surface area contributed by atoms with E-state index in [1.807, 2.05) is 6.07 Å². The third-order valence-electron chi connectivity index (χ3n) is 3.35. The molecule has 0 unspecified atom stereocenters. The van der Waals surface area contributed by atoms with Crippen molar-refractivity contribution in [1.29, 1.82) is 0 Å². The minimum Gasteiger partial charge on any atom is -0.340 e. The molecular weight excluding hydrogens is 188 g/mol. The lowest BCUT2D eigenvalue weighted by molar-refractivity contribution is 0.661. The molecule has 1 aliphatic carbocycles. The van der Waals surface area contributed by atoms with Crippen molar-refractivity contribution in [2.45, 2.75) is 25.2 Å². The second-order valence-corrected chi connectivity index (χ2v) is 4.40. The summed E-state index contributed by atoms with van der Waals surface area (Å²) in [5, 5.41) is 0. The Bertz CT molecular complexity index is 510. The second kappa shape index (κ2) is 2.79. The Kier molecular flexibility index (Phi) is 1.65. The molecule has 0 aromatic carbocycles. The summed E-state index contributed by atoms with van der Waals surface area (Å²) in [5.41, 5.74) is 8.94. The minimum absolute atomic E-state index is 0.118. The minimum atomic E-state index is 0.118. The molecule has 1 fully saturated rings. The van der Waals surface area contributed by atoms with Crippen molar-refractivity contribution in [1.82, 2.24) is 15.0 Å². The van der Waals surface area contributed by atoms with E-state index in [4.69, 9.17) is 5.73 Å². The molecule has 2 aromatic heterocycles. The summed E-state index contributed by atoms with van der Waals surface area (Å²) < 4.78 is 0. The quantitative estimate of drug-likeness (QED) is 0.770. The van der Waals surface area contributed by atoms with Crippen LogP contribution >= 0.6 is 0 Å². The van der Waals surface area contributed by atoms with Crippen LogP contribution in [0, 0.1) is 6.92 Å². The number of pyridine rings is 1. The molecule has 4 heteroatoms. The Morgan fingerprint density at radius 1 is 1.53 bits per heavy atom. The van der Waals surface area contributed by atoms with E-state index in [0.717, 1.165) is 29.8 Å². The zero-order chi connectivity index (χ0) is 10.5. The fourth-order valence-corrected chi connectivity index (χ4v) is 1.98. The number of nitrogens with zero attached hydrogens (tertiary/aromatic N) is 2. The van der Waals surface area contributed by atoms with Crippen LogP contribution in [0.3, 0.4) is 0 Å². The molecule has 0 atom stereocenters. The molecule has 3 N–H and O–H groups in total. The Labute approximate surface area is 87.9 Å². The van der Waals surface area contributed by atoms with Crippen LogP contribution < -0.4 is 5.73 Å². The number of fused-ring (bicyclic) bond motifs is 1. The van der Waals surface area contributed by atoms with Gasteiger partial charge < -0.3 is 10.7 Å². The van der Waals surface area contributed by atoms with Gasteiger partial charge in [0.2, 0.25) is 0 Å². The summed E-state index contributed by atoms with van der Waals surface area (Å²) in [7, 11) is 0. The molecule has 0 radical (unpaired) electrons. The summed E-state index contributed by atoms with van der Waals surface area (Å²) in [6, 6.07) is 1.99. The smallest absolute Gasteiger partial charge is 0.177 e. The average Bonchev–Trinajstić information content (AvgIpc) is 2.92. The molecule has 4 nitrogen and oxygen atoms in total. The Hall–Kier alpha value is -1.42. The number of aromatic amines is 1. The van der Waals surface area contributed by atoms with Crippen LogP contribution in [0.1, 0.15) is 24.2 Å². The number of aromatic nitrogens is 3. The molecule has 1 aliphatic rings. The average molecular weight is 202 g/mol. The van der Waals surface area contributed by atoms with E-state index in [0.29, 0.717) is 6.54 Å². The van der Waals surface area contributed by atoms with Gasteiger partial charge in [0.1, 0.15) is 5.82 Å². The molecule has 0 bridgehead atoms. The lowest BCUT2D eigenvalue weighted by atomic mass is 10.1. The van der Waals surface area contributed by atoms with Gasteiger partial charge in [0.25, 0.3) is 0 Å². The highest BCUT2D eigenvalue weighted by Gasteiger charge is 2.45. The van der Waals surface area contributed by atoms with Crippen LogP contribution in [0.15, 0.2) is 12.3 Å². The van der Waals surface area contributed by atoms with Gasteiger partial charge in [-0.05, 0) is 31.4 Å². The molecule has 0 saturated heterocycles. The van der Waals surface area contributed by atoms with E-state index < -0.39 is 0 Å². The summed E-state index contributed by atoms with van der Waals surface area (Å²) >= 11 is 0. The van der Waals surface area contributed by atoms with Gasteiger partial charge in [-0.25, -0.2) is 9.97 Å². The maximum atomic E-state index is 5.78. The molecule has 2 aromatic rings. The first-order chi connectivity index (χ1) is 7.25. The number of nitrogens with one attached hydrogen (secondary N) is 1. The molecule has 15 heavy (non-hydrogen) atoms. The van der Waals surface area contributed by atoms with Gasteiger partial charge in [-0.1, -0.05) is 0 Å². The number of aryl methyl sites for hydroxylation is 1. The highest BCUT2D eigenvalue weighted by atomic mass is 15.0. The topological polar surface area (TPSA) is 67.6 Å².